The second kappa shape index (κ2) is 9.52. The lowest BCUT2D eigenvalue weighted by molar-refractivity contribution is 0.0861. The van der Waals surface area contributed by atoms with Gasteiger partial charge in [0.2, 0.25) is 0 Å². The summed E-state index contributed by atoms with van der Waals surface area (Å²) in [6.07, 6.45) is 15.2. The molecule has 0 aliphatic heterocycles. The summed E-state index contributed by atoms with van der Waals surface area (Å²) < 4.78 is 0. The fourth-order valence-electron chi connectivity index (χ4n) is 6.73. The van der Waals surface area contributed by atoms with Crippen LogP contribution in [0.3, 0.4) is 0 Å². The highest BCUT2D eigenvalue weighted by Gasteiger charge is 2.50. The maximum atomic E-state index is 10.1. The zero-order chi connectivity index (χ0) is 21.2. The molecule has 0 unspecified atom stereocenters. The lowest BCUT2D eigenvalue weighted by atomic mass is 9.60. The summed E-state index contributed by atoms with van der Waals surface area (Å²) in [7, 11) is 0. The van der Waals surface area contributed by atoms with E-state index in [1.807, 2.05) is 0 Å². The van der Waals surface area contributed by atoms with E-state index in [0.29, 0.717) is 24.2 Å². The summed E-state index contributed by atoms with van der Waals surface area (Å²) in [5.74, 6) is 3.20. The van der Waals surface area contributed by atoms with Crippen LogP contribution in [0.1, 0.15) is 91.9 Å². The fraction of sp³-hybridized carbons (Fsp3) is 0.778. The van der Waals surface area contributed by atoms with Gasteiger partial charge in [0.25, 0.3) is 0 Å². The Balaban J connectivity index is 1.71. The van der Waals surface area contributed by atoms with Crippen molar-refractivity contribution in [2.24, 2.45) is 29.1 Å². The Morgan fingerprint density at radius 1 is 1.14 bits per heavy atom. The first kappa shape index (κ1) is 22.8. The summed E-state index contributed by atoms with van der Waals surface area (Å²) in [6, 6.07) is 0. The van der Waals surface area contributed by atoms with E-state index in [-0.39, 0.29) is 0 Å². The molecule has 2 nitrogen and oxygen atoms in total. The third-order valence-corrected chi connectivity index (χ3v) is 8.43. The molecule has 2 N–H and O–H groups in total. The van der Waals surface area contributed by atoms with Gasteiger partial charge in [0, 0.05) is 6.42 Å². The van der Waals surface area contributed by atoms with Crippen LogP contribution in [-0.4, -0.2) is 22.4 Å². The van der Waals surface area contributed by atoms with Crippen LogP contribution >= 0.6 is 0 Å². The maximum absolute atomic E-state index is 10.1. The largest absolute Gasteiger partial charge is 0.393 e. The van der Waals surface area contributed by atoms with E-state index in [0.717, 1.165) is 28.9 Å². The Morgan fingerprint density at radius 3 is 2.62 bits per heavy atom. The van der Waals surface area contributed by atoms with Crippen LogP contribution in [0.2, 0.25) is 0 Å². The van der Waals surface area contributed by atoms with Crippen molar-refractivity contribution in [2.45, 2.75) is 104 Å². The molecular formula is C27H44O2. The topological polar surface area (TPSA) is 40.5 Å². The van der Waals surface area contributed by atoms with Crippen LogP contribution < -0.4 is 0 Å². The summed E-state index contributed by atoms with van der Waals surface area (Å²) >= 11 is 0. The van der Waals surface area contributed by atoms with Gasteiger partial charge in [0.1, 0.15) is 0 Å². The predicted octanol–water partition coefficient (Wildman–Crippen LogP) is 6.59. The minimum absolute atomic E-state index is 0.420. The standard InChI is InChI=1S/C27H44O2/c1-18(2)8-6-9-19(3)24-13-14-25-21(10-7-15-27(24,25)5)11-12-22-16-23(28)17-26(29)20(22)4/h11-12,18-19,23-26,28-29H,4,6-10,13-17H2,1-3,5H3/b21-11+,22-12+/t19-,23-,24-,25+,26+,27+/m1/s1. The van der Waals surface area contributed by atoms with Crippen molar-refractivity contribution in [3.63, 3.8) is 0 Å². The number of hydrogen-bond acceptors (Lipinski definition) is 2. The third kappa shape index (κ3) is 5.07. The lowest BCUT2D eigenvalue weighted by Gasteiger charge is -2.44. The van der Waals surface area contributed by atoms with Crippen LogP contribution in [0, 0.1) is 29.1 Å². The molecule has 0 aromatic carbocycles. The Hall–Kier alpha value is -0.860. The van der Waals surface area contributed by atoms with E-state index in [4.69, 9.17) is 0 Å². The SMILES string of the molecule is C=C1/C(=C/C=C2\CCC[C@@]3(C)[C@@H]([C@H](C)CCCC(C)C)CC[C@@H]23)C[C@@H](O)C[C@@H]1O. The molecule has 0 heterocycles. The molecule has 0 spiro atoms. The molecule has 0 saturated heterocycles. The number of aliphatic hydroxyl groups is 2. The van der Waals surface area contributed by atoms with Gasteiger partial charge in [-0.3, -0.25) is 0 Å². The monoisotopic (exact) mass is 400 g/mol. The van der Waals surface area contributed by atoms with Gasteiger partial charge in [-0.15, -0.1) is 0 Å². The molecule has 3 aliphatic carbocycles. The van der Waals surface area contributed by atoms with Gasteiger partial charge in [0.05, 0.1) is 12.2 Å². The van der Waals surface area contributed by atoms with Crippen molar-refractivity contribution in [1.29, 1.82) is 0 Å². The Kier molecular flexibility index (Phi) is 7.49. The van der Waals surface area contributed by atoms with Crippen molar-refractivity contribution in [1.82, 2.24) is 0 Å². The second-order valence-electron chi connectivity index (χ2n) is 11.0. The molecule has 0 aromatic heterocycles. The minimum Gasteiger partial charge on any atom is -0.393 e. The Morgan fingerprint density at radius 2 is 1.90 bits per heavy atom. The quantitative estimate of drug-likeness (QED) is 0.528. The van der Waals surface area contributed by atoms with Crippen LogP contribution in [-0.2, 0) is 0 Å². The second-order valence-corrected chi connectivity index (χ2v) is 11.0. The molecule has 164 valence electrons. The van der Waals surface area contributed by atoms with Crippen LogP contribution in [0.25, 0.3) is 0 Å². The molecule has 3 rings (SSSR count). The minimum atomic E-state index is -0.595. The summed E-state index contributed by atoms with van der Waals surface area (Å²) in [5.41, 5.74) is 3.88. The molecule has 3 saturated carbocycles. The van der Waals surface area contributed by atoms with E-state index >= 15 is 0 Å². The van der Waals surface area contributed by atoms with Gasteiger partial charge < -0.3 is 10.2 Å². The molecule has 3 aliphatic rings. The molecule has 29 heavy (non-hydrogen) atoms. The number of hydrogen-bond donors (Lipinski definition) is 2. The van der Waals surface area contributed by atoms with Crippen LogP contribution in [0.15, 0.2) is 35.5 Å². The molecule has 0 amide bonds. The average Bonchev–Trinajstić information content (AvgIpc) is 3.00. The first-order valence-corrected chi connectivity index (χ1v) is 12.2. The van der Waals surface area contributed by atoms with Gasteiger partial charge in [-0.05, 0) is 78.8 Å². The molecule has 0 radical (unpaired) electrons. The normalized spacial score (nSPS) is 39.3. The zero-order valence-electron chi connectivity index (χ0n) is 19.3. The Bertz CT molecular complexity index is 643. The smallest absolute Gasteiger partial charge is 0.0811 e. The molecule has 0 bridgehead atoms. The first-order valence-electron chi connectivity index (χ1n) is 12.2. The van der Waals surface area contributed by atoms with Crippen molar-refractivity contribution in [3.05, 3.63) is 35.5 Å². The van der Waals surface area contributed by atoms with E-state index in [9.17, 15) is 10.2 Å². The van der Waals surface area contributed by atoms with Crippen LogP contribution in [0.4, 0.5) is 0 Å². The molecular weight excluding hydrogens is 356 g/mol. The van der Waals surface area contributed by atoms with E-state index in [1.54, 1.807) is 5.57 Å². The predicted molar refractivity (Wildman–Crippen MR) is 123 cm³/mol. The molecule has 0 aromatic rings. The van der Waals surface area contributed by atoms with Gasteiger partial charge in [-0.1, -0.05) is 71.3 Å². The zero-order valence-corrected chi connectivity index (χ0v) is 19.3. The highest BCUT2D eigenvalue weighted by Crippen LogP contribution is 2.59. The van der Waals surface area contributed by atoms with Gasteiger partial charge in [0.15, 0.2) is 0 Å². The molecule has 6 atom stereocenters. The van der Waals surface area contributed by atoms with Crippen LogP contribution in [0.5, 0.6) is 0 Å². The van der Waals surface area contributed by atoms with Crippen molar-refractivity contribution >= 4 is 0 Å². The van der Waals surface area contributed by atoms with Gasteiger partial charge in [-0.25, -0.2) is 0 Å². The fourth-order valence-corrected chi connectivity index (χ4v) is 6.73. The summed E-state index contributed by atoms with van der Waals surface area (Å²) in [5, 5.41) is 20.2. The maximum Gasteiger partial charge on any atom is 0.0811 e. The summed E-state index contributed by atoms with van der Waals surface area (Å²) in [4.78, 5) is 0. The molecule has 2 heteroatoms. The van der Waals surface area contributed by atoms with Crippen molar-refractivity contribution in [2.75, 3.05) is 0 Å². The van der Waals surface area contributed by atoms with E-state index in [2.05, 4.69) is 46.4 Å². The van der Waals surface area contributed by atoms with Gasteiger partial charge >= 0.3 is 0 Å². The highest BCUT2D eigenvalue weighted by atomic mass is 16.3. The van der Waals surface area contributed by atoms with Crippen molar-refractivity contribution < 1.29 is 10.2 Å². The number of rotatable bonds is 6. The summed E-state index contributed by atoms with van der Waals surface area (Å²) in [6.45, 7) is 13.8. The van der Waals surface area contributed by atoms with E-state index in [1.165, 1.54) is 51.4 Å². The van der Waals surface area contributed by atoms with E-state index < -0.39 is 12.2 Å². The van der Waals surface area contributed by atoms with Gasteiger partial charge in [-0.2, -0.15) is 0 Å². The number of aliphatic hydroxyl groups excluding tert-OH is 2. The third-order valence-electron chi connectivity index (χ3n) is 8.43. The number of fused-ring (bicyclic) bond motifs is 1. The van der Waals surface area contributed by atoms with Crippen molar-refractivity contribution in [3.8, 4) is 0 Å². The average molecular weight is 401 g/mol. The highest BCUT2D eigenvalue weighted by molar-refractivity contribution is 5.38. The molecule has 3 fully saturated rings. The Labute approximate surface area is 179 Å². The first-order chi connectivity index (χ1) is 13.7. The number of allylic oxidation sites excluding steroid dienone is 3. The lowest BCUT2D eigenvalue weighted by Crippen LogP contribution is -2.36.